The van der Waals surface area contributed by atoms with Crippen LogP contribution in [0.2, 0.25) is 0 Å². The van der Waals surface area contributed by atoms with E-state index >= 15 is 0 Å². The molecular formula is C17H19NO8S. The number of hydrogen-bond acceptors (Lipinski definition) is 8. The van der Waals surface area contributed by atoms with Crippen molar-refractivity contribution in [3.63, 3.8) is 0 Å². The number of anilines is 1. The van der Waals surface area contributed by atoms with Gasteiger partial charge in [-0.2, -0.15) is 0 Å². The van der Waals surface area contributed by atoms with Crippen LogP contribution in [0.3, 0.4) is 0 Å². The van der Waals surface area contributed by atoms with Gasteiger partial charge in [0.05, 0.1) is 11.5 Å². The molecule has 3 aliphatic rings. The third-order valence-electron chi connectivity index (χ3n) is 4.71. The third-order valence-corrected chi connectivity index (χ3v) is 5.84. The van der Waals surface area contributed by atoms with E-state index in [4.69, 9.17) is 18.9 Å². The van der Waals surface area contributed by atoms with Gasteiger partial charge in [-0.25, -0.2) is 13.2 Å². The molecule has 0 unspecified atom stereocenters. The van der Waals surface area contributed by atoms with Crippen molar-refractivity contribution in [2.45, 2.75) is 42.5 Å². The number of sulfone groups is 1. The Morgan fingerprint density at radius 2 is 1.78 bits per heavy atom. The summed E-state index contributed by atoms with van der Waals surface area (Å²) in [6.07, 6.45) is -1.10. The highest BCUT2D eigenvalue weighted by Gasteiger charge is 2.63. The average Bonchev–Trinajstić information content (AvgIpc) is 3.08. The Hall–Kier alpha value is -2.01. The van der Waals surface area contributed by atoms with Crippen molar-refractivity contribution in [2.24, 2.45) is 0 Å². The molecule has 27 heavy (non-hydrogen) atoms. The molecule has 10 heteroatoms. The van der Waals surface area contributed by atoms with Gasteiger partial charge in [0.2, 0.25) is 5.78 Å². The van der Waals surface area contributed by atoms with E-state index in [1.807, 2.05) is 0 Å². The summed E-state index contributed by atoms with van der Waals surface area (Å²) in [7, 11) is -3.36. The normalized spacial score (nSPS) is 32.6. The van der Waals surface area contributed by atoms with E-state index < -0.39 is 45.5 Å². The van der Waals surface area contributed by atoms with Gasteiger partial charge in [-0.3, -0.25) is 9.69 Å². The van der Waals surface area contributed by atoms with Crippen LogP contribution in [-0.2, 0) is 33.6 Å². The van der Waals surface area contributed by atoms with Crippen LogP contribution in [0.1, 0.15) is 13.8 Å². The average molecular weight is 397 g/mol. The first-order valence-electron chi connectivity index (χ1n) is 8.35. The van der Waals surface area contributed by atoms with Gasteiger partial charge in [-0.15, -0.1) is 0 Å². The molecule has 0 radical (unpaired) electrons. The van der Waals surface area contributed by atoms with E-state index in [9.17, 15) is 18.0 Å². The van der Waals surface area contributed by atoms with Gasteiger partial charge in [0, 0.05) is 11.9 Å². The molecule has 0 N–H and O–H groups in total. The highest BCUT2D eigenvalue weighted by Crippen LogP contribution is 2.40. The van der Waals surface area contributed by atoms with Crippen molar-refractivity contribution in [1.82, 2.24) is 0 Å². The van der Waals surface area contributed by atoms with Gasteiger partial charge < -0.3 is 18.9 Å². The minimum Gasteiger partial charge on any atom is -0.407 e. The molecule has 4 rings (SSSR count). The molecule has 0 bridgehead atoms. The second-order valence-electron chi connectivity index (χ2n) is 7.24. The SMILES string of the molecule is CC1(C)O[C@@H]2CO[C@]3(CN(c4ccc(S(C)(=O)=O)cc4)C(=O)O3)C(=O)[C@@H]2O1. The number of carbonyl (C=O) groups excluding carboxylic acids is 2. The zero-order valence-electron chi connectivity index (χ0n) is 15.0. The van der Waals surface area contributed by atoms with Gasteiger partial charge >= 0.3 is 6.09 Å². The summed E-state index contributed by atoms with van der Waals surface area (Å²) in [6.45, 7) is 3.28. The number of ether oxygens (including phenoxy) is 4. The van der Waals surface area contributed by atoms with E-state index in [-0.39, 0.29) is 18.0 Å². The van der Waals surface area contributed by atoms with Crippen LogP contribution in [0.25, 0.3) is 0 Å². The fourth-order valence-corrected chi connectivity index (χ4v) is 4.09. The molecule has 3 atom stereocenters. The van der Waals surface area contributed by atoms with E-state index in [1.165, 1.54) is 29.2 Å². The number of rotatable bonds is 2. The summed E-state index contributed by atoms with van der Waals surface area (Å²) in [5, 5.41) is 0. The number of fused-ring (bicyclic) bond motifs is 1. The number of amides is 1. The fraction of sp³-hybridized carbons (Fsp3) is 0.529. The van der Waals surface area contributed by atoms with Crippen LogP contribution >= 0.6 is 0 Å². The first-order chi connectivity index (χ1) is 12.5. The number of nitrogens with zero attached hydrogens (tertiary/aromatic N) is 1. The lowest BCUT2D eigenvalue weighted by atomic mass is 9.99. The number of benzene rings is 1. The maximum absolute atomic E-state index is 12.9. The molecule has 0 aromatic heterocycles. The first kappa shape index (κ1) is 18.4. The van der Waals surface area contributed by atoms with Crippen LogP contribution in [0, 0.1) is 0 Å². The molecule has 1 aromatic rings. The summed E-state index contributed by atoms with van der Waals surface area (Å²) in [5.74, 6) is -3.20. The third kappa shape index (κ3) is 3.02. The van der Waals surface area contributed by atoms with Crippen LogP contribution in [0.5, 0.6) is 0 Å². The van der Waals surface area contributed by atoms with Gasteiger partial charge in [0.25, 0.3) is 5.79 Å². The summed E-state index contributed by atoms with van der Waals surface area (Å²) >= 11 is 0. The minimum atomic E-state index is -3.36. The Kier molecular flexibility index (Phi) is 3.90. The molecule has 146 valence electrons. The van der Waals surface area contributed by atoms with Crippen LogP contribution < -0.4 is 4.90 Å². The summed E-state index contributed by atoms with van der Waals surface area (Å²) < 4.78 is 45.4. The lowest BCUT2D eigenvalue weighted by molar-refractivity contribution is -0.218. The molecule has 1 amide bonds. The maximum atomic E-state index is 12.9. The number of carbonyl (C=O) groups is 2. The Morgan fingerprint density at radius 1 is 1.11 bits per heavy atom. The molecule has 3 saturated heterocycles. The molecule has 3 aliphatic heterocycles. The first-order valence-corrected chi connectivity index (χ1v) is 10.2. The Bertz CT molecular complexity index is 909. The molecule has 0 aliphatic carbocycles. The summed E-state index contributed by atoms with van der Waals surface area (Å²) in [6, 6.07) is 5.73. The second-order valence-corrected chi connectivity index (χ2v) is 9.26. The molecule has 1 aromatic carbocycles. The zero-order valence-corrected chi connectivity index (χ0v) is 15.8. The topological polar surface area (TPSA) is 108 Å². The lowest BCUT2D eigenvalue weighted by Crippen LogP contribution is -2.59. The number of Topliss-reactive ketones (excluding diaryl/α,β-unsaturated/α-hetero) is 1. The molecule has 3 heterocycles. The van der Waals surface area contributed by atoms with Crippen molar-refractivity contribution in [3.05, 3.63) is 24.3 Å². The largest absolute Gasteiger partial charge is 0.417 e. The molecule has 9 nitrogen and oxygen atoms in total. The van der Waals surface area contributed by atoms with Crippen LogP contribution in [-0.4, -0.2) is 63.5 Å². The summed E-state index contributed by atoms with van der Waals surface area (Å²) in [4.78, 5) is 26.6. The standard InChI is InChI=1S/C17H19NO8S/c1-16(2)24-12-8-23-17(14(19)13(12)25-16)9-18(15(20)26-17)10-4-6-11(7-5-10)27(3,21)22/h4-7,12-13H,8-9H2,1-3H3/t12-,13-,17+/m1/s1. The lowest BCUT2D eigenvalue weighted by Gasteiger charge is -2.34. The molecule has 1 spiro atoms. The minimum absolute atomic E-state index is 0.0496. The van der Waals surface area contributed by atoms with E-state index in [1.54, 1.807) is 13.8 Å². The number of ketones is 1. The van der Waals surface area contributed by atoms with Gasteiger partial charge in [-0.05, 0) is 38.1 Å². The van der Waals surface area contributed by atoms with Crippen molar-refractivity contribution in [3.8, 4) is 0 Å². The summed E-state index contributed by atoms with van der Waals surface area (Å²) in [5.41, 5.74) is 0.395. The van der Waals surface area contributed by atoms with E-state index in [0.29, 0.717) is 5.69 Å². The van der Waals surface area contributed by atoms with E-state index in [2.05, 4.69) is 0 Å². The number of hydrogen-bond donors (Lipinski definition) is 0. The monoisotopic (exact) mass is 397 g/mol. The van der Waals surface area contributed by atoms with Crippen molar-refractivity contribution < 1.29 is 37.0 Å². The predicted molar refractivity (Wildman–Crippen MR) is 90.9 cm³/mol. The Morgan fingerprint density at radius 3 is 2.41 bits per heavy atom. The highest BCUT2D eigenvalue weighted by atomic mass is 32.2. The predicted octanol–water partition coefficient (Wildman–Crippen LogP) is 0.862. The fourth-order valence-electron chi connectivity index (χ4n) is 3.46. The van der Waals surface area contributed by atoms with Gasteiger partial charge in [0.1, 0.15) is 12.6 Å². The van der Waals surface area contributed by atoms with Crippen molar-refractivity contribution >= 4 is 27.4 Å². The Balaban J connectivity index is 1.58. The Labute approximate surface area is 156 Å². The van der Waals surface area contributed by atoms with Crippen LogP contribution in [0.4, 0.5) is 10.5 Å². The quantitative estimate of drug-likeness (QED) is 0.723. The molecular weight excluding hydrogens is 378 g/mol. The van der Waals surface area contributed by atoms with Gasteiger partial charge in [0.15, 0.2) is 21.7 Å². The molecule has 3 fully saturated rings. The van der Waals surface area contributed by atoms with Crippen molar-refractivity contribution in [1.29, 1.82) is 0 Å². The van der Waals surface area contributed by atoms with Gasteiger partial charge in [-0.1, -0.05) is 0 Å². The van der Waals surface area contributed by atoms with E-state index in [0.717, 1.165) is 6.26 Å². The highest BCUT2D eigenvalue weighted by molar-refractivity contribution is 7.90. The second kappa shape index (κ2) is 5.74. The maximum Gasteiger partial charge on any atom is 0.417 e. The molecule has 0 saturated carbocycles. The van der Waals surface area contributed by atoms with Crippen molar-refractivity contribution in [2.75, 3.05) is 24.3 Å². The zero-order chi connectivity index (χ0) is 19.6. The smallest absolute Gasteiger partial charge is 0.407 e. The van der Waals surface area contributed by atoms with Crippen LogP contribution in [0.15, 0.2) is 29.2 Å².